The molecule has 82 valence electrons. The summed E-state index contributed by atoms with van der Waals surface area (Å²) in [5.41, 5.74) is 5.31. The Bertz CT molecular complexity index is 566. The maximum Gasteiger partial charge on any atom is 0.231 e. The second-order valence-corrected chi connectivity index (χ2v) is 3.78. The maximum atomic E-state index is 5.58. The average molecular weight is 217 g/mol. The summed E-state index contributed by atoms with van der Waals surface area (Å²) in [5.74, 6) is 2.96. The highest BCUT2D eigenvalue weighted by atomic mass is 16.5. The van der Waals surface area contributed by atoms with Gasteiger partial charge in [0.25, 0.3) is 0 Å². The smallest absolute Gasteiger partial charge is 0.231 e. The third kappa shape index (κ3) is 1.75. The van der Waals surface area contributed by atoms with Crippen molar-refractivity contribution in [2.24, 2.45) is 0 Å². The molecule has 0 unspecified atom stereocenters. The van der Waals surface area contributed by atoms with Crippen LogP contribution in [0.3, 0.4) is 0 Å². The Balaban J connectivity index is 2.52. The molecule has 0 saturated carbocycles. The number of terminal acetylenes is 1. The minimum Gasteiger partial charge on any atom is -0.458 e. The zero-order valence-corrected chi connectivity index (χ0v) is 8.98. The largest absolute Gasteiger partial charge is 0.458 e. The van der Waals surface area contributed by atoms with Gasteiger partial charge in [-0.05, 0) is 13.8 Å². The number of nitrogens with two attached hydrogens (primary N) is 1. The lowest BCUT2D eigenvalue weighted by Gasteiger charge is -2.19. The van der Waals surface area contributed by atoms with Crippen molar-refractivity contribution in [1.82, 2.24) is 20.2 Å². The zero-order chi connectivity index (χ0) is 11.8. The van der Waals surface area contributed by atoms with Crippen LogP contribution in [0, 0.1) is 12.3 Å². The fraction of sp³-hybridized carbons (Fsp3) is 0.300. The van der Waals surface area contributed by atoms with Crippen LogP contribution < -0.4 is 10.5 Å². The predicted molar refractivity (Wildman–Crippen MR) is 59.6 cm³/mol. The van der Waals surface area contributed by atoms with Crippen molar-refractivity contribution in [1.29, 1.82) is 0 Å². The van der Waals surface area contributed by atoms with Crippen molar-refractivity contribution >= 4 is 17.0 Å². The first-order chi connectivity index (χ1) is 7.52. The molecule has 16 heavy (non-hydrogen) atoms. The Kier molecular flexibility index (Phi) is 2.16. The first-order valence-electron chi connectivity index (χ1n) is 4.65. The monoisotopic (exact) mass is 217 g/mol. The van der Waals surface area contributed by atoms with Gasteiger partial charge in [0, 0.05) is 0 Å². The van der Waals surface area contributed by atoms with Gasteiger partial charge in [-0.2, -0.15) is 15.1 Å². The van der Waals surface area contributed by atoms with Gasteiger partial charge in [-0.3, -0.25) is 5.10 Å². The van der Waals surface area contributed by atoms with E-state index in [0.29, 0.717) is 16.9 Å². The SMILES string of the molecule is C#CC(C)(C)Oc1nc(N)nc2[nH]ncc12. The molecule has 0 radical (unpaired) electrons. The second-order valence-electron chi connectivity index (χ2n) is 3.78. The van der Waals surface area contributed by atoms with Gasteiger partial charge in [0.1, 0.15) is 5.39 Å². The van der Waals surface area contributed by atoms with Crippen molar-refractivity contribution in [2.75, 3.05) is 5.73 Å². The van der Waals surface area contributed by atoms with Gasteiger partial charge in [0.2, 0.25) is 11.8 Å². The summed E-state index contributed by atoms with van der Waals surface area (Å²) in [6.07, 6.45) is 6.90. The van der Waals surface area contributed by atoms with Gasteiger partial charge in [-0.15, -0.1) is 6.42 Å². The molecule has 0 aliphatic carbocycles. The molecule has 0 amide bonds. The summed E-state index contributed by atoms with van der Waals surface area (Å²) < 4.78 is 5.58. The molecule has 0 aliphatic rings. The number of rotatable bonds is 2. The number of anilines is 1. The van der Waals surface area contributed by atoms with Crippen LogP contribution in [0.1, 0.15) is 13.8 Å². The molecule has 0 atom stereocenters. The lowest BCUT2D eigenvalue weighted by atomic mass is 10.1. The molecule has 0 saturated heterocycles. The predicted octanol–water partition coefficient (Wildman–Crippen LogP) is 0.726. The molecule has 0 spiro atoms. The van der Waals surface area contributed by atoms with E-state index in [1.54, 1.807) is 20.0 Å². The number of hydrogen-bond donors (Lipinski definition) is 2. The standard InChI is InChI=1S/C10H11N5O/c1-4-10(2,3)16-8-6-5-12-15-7(6)13-9(11)14-8/h1,5H,2-3H3,(H3,11,12,13,14,15). The molecule has 6 nitrogen and oxygen atoms in total. The normalized spacial score (nSPS) is 11.3. The van der Waals surface area contributed by atoms with Gasteiger partial charge in [-0.1, -0.05) is 5.92 Å². The number of ether oxygens (including phenoxy) is 1. The van der Waals surface area contributed by atoms with Crippen LogP contribution in [0.2, 0.25) is 0 Å². The van der Waals surface area contributed by atoms with Crippen molar-refractivity contribution in [2.45, 2.75) is 19.4 Å². The van der Waals surface area contributed by atoms with E-state index < -0.39 is 5.60 Å². The number of H-pyrrole nitrogens is 1. The van der Waals surface area contributed by atoms with Crippen LogP contribution in [-0.4, -0.2) is 25.8 Å². The molecule has 6 heteroatoms. The van der Waals surface area contributed by atoms with E-state index in [2.05, 4.69) is 26.1 Å². The van der Waals surface area contributed by atoms with E-state index in [9.17, 15) is 0 Å². The topological polar surface area (TPSA) is 89.7 Å². The fourth-order valence-corrected chi connectivity index (χ4v) is 1.17. The van der Waals surface area contributed by atoms with E-state index in [0.717, 1.165) is 0 Å². The first kappa shape index (κ1) is 10.2. The van der Waals surface area contributed by atoms with Crippen molar-refractivity contribution in [3.8, 4) is 18.2 Å². The number of nitrogen functional groups attached to an aromatic ring is 1. The van der Waals surface area contributed by atoms with E-state index >= 15 is 0 Å². The van der Waals surface area contributed by atoms with Crippen LogP contribution in [0.4, 0.5) is 5.95 Å². The highest BCUT2D eigenvalue weighted by Crippen LogP contribution is 2.24. The van der Waals surface area contributed by atoms with Crippen molar-refractivity contribution in [3.63, 3.8) is 0 Å². The number of fused-ring (bicyclic) bond motifs is 1. The summed E-state index contributed by atoms with van der Waals surface area (Å²) >= 11 is 0. The molecule has 2 aromatic rings. The van der Waals surface area contributed by atoms with Crippen LogP contribution in [-0.2, 0) is 0 Å². The average Bonchev–Trinajstić information content (AvgIpc) is 2.65. The van der Waals surface area contributed by atoms with E-state index in [4.69, 9.17) is 16.9 Å². The lowest BCUT2D eigenvalue weighted by Crippen LogP contribution is -2.26. The Hall–Kier alpha value is -2.29. The molecule has 3 N–H and O–H groups in total. The highest BCUT2D eigenvalue weighted by Gasteiger charge is 2.19. The Morgan fingerprint density at radius 2 is 2.25 bits per heavy atom. The summed E-state index contributed by atoms with van der Waals surface area (Å²) in [5, 5.41) is 7.19. The zero-order valence-electron chi connectivity index (χ0n) is 8.98. The Morgan fingerprint density at radius 3 is 2.94 bits per heavy atom. The van der Waals surface area contributed by atoms with E-state index in [1.807, 2.05) is 0 Å². The molecular weight excluding hydrogens is 206 g/mol. The second kappa shape index (κ2) is 3.38. The van der Waals surface area contributed by atoms with Crippen molar-refractivity contribution in [3.05, 3.63) is 6.20 Å². The molecule has 0 bridgehead atoms. The van der Waals surface area contributed by atoms with Gasteiger partial charge in [0.15, 0.2) is 11.2 Å². The fourth-order valence-electron chi connectivity index (χ4n) is 1.17. The van der Waals surface area contributed by atoms with E-state index in [-0.39, 0.29) is 5.95 Å². The third-order valence-electron chi connectivity index (χ3n) is 1.99. The molecule has 0 fully saturated rings. The summed E-state index contributed by atoms with van der Waals surface area (Å²) in [4.78, 5) is 7.96. The molecule has 2 rings (SSSR count). The summed E-state index contributed by atoms with van der Waals surface area (Å²) in [6.45, 7) is 3.52. The van der Waals surface area contributed by atoms with Crippen LogP contribution in [0.15, 0.2) is 6.20 Å². The van der Waals surface area contributed by atoms with Crippen LogP contribution >= 0.6 is 0 Å². The number of aromatic amines is 1. The van der Waals surface area contributed by atoms with Gasteiger partial charge < -0.3 is 10.5 Å². The third-order valence-corrected chi connectivity index (χ3v) is 1.99. The molecular formula is C10H11N5O. The number of nitrogens with zero attached hydrogens (tertiary/aromatic N) is 3. The maximum absolute atomic E-state index is 5.58. The highest BCUT2D eigenvalue weighted by molar-refractivity contribution is 5.80. The van der Waals surface area contributed by atoms with E-state index in [1.165, 1.54) is 0 Å². The number of nitrogens with one attached hydrogen (secondary N) is 1. The Morgan fingerprint density at radius 1 is 1.50 bits per heavy atom. The number of aromatic nitrogens is 4. The molecule has 0 aliphatic heterocycles. The van der Waals surface area contributed by atoms with Crippen molar-refractivity contribution < 1.29 is 4.74 Å². The summed E-state index contributed by atoms with van der Waals surface area (Å²) in [7, 11) is 0. The van der Waals surface area contributed by atoms with Gasteiger partial charge >= 0.3 is 0 Å². The minimum atomic E-state index is -0.759. The number of hydrogen-bond acceptors (Lipinski definition) is 5. The first-order valence-corrected chi connectivity index (χ1v) is 4.65. The molecule has 2 heterocycles. The Labute approximate surface area is 92.2 Å². The minimum absolute atomic E-state index is 0.111. The summed E-state index contributed by atoms with van der Waals surface area (Å²) in [6, 6.07) is 0. The van der Waals surface area contributed by atoms with Crippen LogP contribution in [0.25, 0.3) is 11.0 Å². The van der Waals surface area contributed by atoms with Crippen LogP contribution in [0.5, 0.6) is 5.88 Å². The quantitative estimate of drug-likeness (QED) is 0.723. The van der Waals surface area contributed by atoms with Gasteiger partial charge in [-0.25, -0.2) is 0 Å². The molecule has 2 aromatic heterocycles. The lowest BCUT2D eigenvalue weighted by molar-refractivity contribution is 0.167. The molecule has 0 aromatic carbocycles. The van der Waals surface area contributed by atoms with Gasteiger partial charge in [0.05, 0.1) is 6.20 Å².